The summed E-state index contributed by atoms with van der Waals surface area (Å²) in [5.74, 6) is -2.04. The molecule has 0 atom stereocenters. The van der Waals surface area contributed by atoms with E-state index in [1.807, 2.05) is 24.3 Å². The van der Waals surface area contributed by atoms with Crippen molar-refractivity contribution in [3.8, 4) is 0 Å². The van der Waals surface area contributed by atoms with Crippen LogP contribution in [0.4, 0.5) is 35.0 Å². The smallest absolute Gasteiger partial charge is 0.416 e. The molecule has 0 saturated carbocycles. The zero-order valence-electron chi connectivity index (χ0n) is 16.8. The molecule has 164 valence electrons. The van der Waals surface area contributed by atoms with Crippen LogP contribution in [-0.2, 0) is 12.6 Å². The topological polar surface area (TPSA) is 67.2 Å². The first-order valence-electron chi connectivity index (χ1n) is 9.67. The van der Waals surface area contributed by atoms with Gasteiger partial charge in [0.05, 0.1) is 5.56 Å². The molecule has 2 N–H and O–H groups in total. The fraction of sp³-hybridized carbons (Fsp3) is 0.130. The summed E-state index contributed by atoms with van der Waals surface area (Å²) in [7, 11) is 0. The second-order valence-electron chi connectivity index (χ2n) is 7.06. The van der Waals surface area contributed by atoms with E-state index in [-0.39, 0.29) is 11.7 Å². The van der Waals surface area contributed by atoms with Gasteiger partial charge < -0.3 is 15.1 Å². The van der Waals surface area contributed by atoms with Crippen molar-refractivity contribution in [2.24, 2.45) is 0 Å². The second-order valence-corrected chi connectivity index (χ2v) is 7.06. The maximum absolute atomic E-state index is 13.6. The summed E-state index contributed by atoms with van der Waals surface area (Å²) in [5, 5.41) is 5.50. The first-order chi connectivity index (χ1) is 15.2. The summed E-state index contributed by atoms with van der Waals surface area (Å²) in [6.45, 7) is 2.06. The van der Waals surface area contributed by atoms with E-state index in [0.29, 0.717) is 23.2 Å². The fourth-order valence-electron chi connectivity index (χ4n) is 3.09. The number of alkyl halides is 3. The van der Waals surface area contributed by atoms with Gasteiger partial charge >= 0.3 is 6.18 Å². The Balaban J connectivity index is 1.53. The summed E-state index contributed by atoms with van der Waals surface area (Å²) in [6, 6.07) is 14.3. The molecule has 0 aliphatic heterocycles. The third kappa shape index (κ3) is 4.72. The Morgan fingerprint density at radius 2 is 1.72 bits per heavy atom. The Morgan fingerprint density at radius 1 is 1.00 bits per heavy atom. The molecular weight excluding hydrogens is 426 g/mol. The number of oxazole rings is 1. The molecule has 4 aromatic rings. The molecule has 0 unspecified atom stereocenters. The highest BCUT2D eigenvalue weighted by Crippen LogP contribution is 2.31. The molecule has 0 fully saturated rings. The normalized spacial score (nSPS) is 11.5. The molecule has 0 aliphatic carbocycles. The minimum absolute atomic E-state index is 0.243. The van der Waals surface area contributed by atoms with Crippen molar-refractivity contribution in [2.45, 2.75) is 19.5 Å². The van der Waals surface area contributed by atoms with Crippen LogP contribution in [0.5, 0.6) is 0 Å². The monoisotopic (exact) mass is 443 g/mol. The van der Waals surface area contributed by atoms with Crippen molar-refractivity contribution < 1.29 is 26.8 Å². The predicted molar refractivity (Wildman–Crippen MR) is 112 cm³/mol. The lowest BCUT2D eigenvalue weighted by Crippen LogP contribution is -2.14. The van der Waals surface area contributed by atoms with E-state index < -0.39 is 29.0 Å². The van der Waals surface area contributed by atoms with E-state index in [4.69, 9.17) is 4.42 Å². The minimum atomic E-state index is -4.77. The first kappa shape index (κ1) is 21.4. The number of halogens is 4. The van der Waals surface area contributed by atoms with Crippen molar-refractivity contribution in [2.75, 3.05) is 10.6 Å². The molecule has 0 radical (unpaired) electrons. The van der Waals surface area contributed by atoms with E-state index in [0.717, 1.165) is 18.2 Å². The average molecular weight is 443 g/mol. The fourth-order valence-corrected chi connectivity index (χ4v) is 3.09. The van der Waals surface area contributed by atoms with Crippen molar-refractivity contribution >= 4 is 34.4 Å². The van der Waals surface area contributed by atoms with Crippen molar-refractivity contribution in [1.29, 1.82) is 0 Å². The Bertz CT molecular complexity index is 1280. The molecule has 1 aromatic heterocycles. The van der Waals surface area contributed by atoms with E-state index in [2.05, 4.69) is 22.5 Å². The van der Waals surface area contributed by atoms with Crippen LogP contribution in [-0.4, -0.2) is 10.9 Å². The van der Waals surface area contributed by atoms with E-state index in [9.17, 15) is 22.4 Å². The highest BCUT2D eigenvalue weighted by atomic mass is 19.4. The molecule has 1 heterocycles. The molecule has 1 amide bonds. The van der Waals surface area contributed by atoms with Gasteiger partial charge in [0, 0.05) is 16.9 Å². The number of nitrogens with zero attached hydrogens (tertiary/aromatic N) is 1. The Hall–Kier alpha value is -3.88. The molecule has 4 rings (SSSR count). The van der Waals surface area contributed by atoms with Gasteiger partial charge in [-0.2, -0.15) is 18.2 Å². The summed E-state index contributed by atoms with van der Waals surface area (Å²) < 4.78 is 57.9. The largest absolute Gasteiger partial charge is 0.423 e. The molecule has 3 aromatic carbocycles. The number of carbonyl (C=O) groups is 1. The number of rotatable bonds is 5. The first-order valence-corrected chi connectivity index (χ1v) is 9.67. The van der Waals surface area contributed by atoms with Crippen molar-refractivity contribution in [3.63, 3.8) is 0 Å². The molecule has 0 saturated heterocycles. The third-order valence-electron chi connectivity index (χ3n) is 4.75. The number of benzene rings is 3. The van der Waals surface area contributed by atoms with Gasteiger partial charge in [0.1, 0.15) is 11.3 Å². The zero-order valence-corrected chi connectivity index (χ0v) is 16.8. The lowest BCUT2D eigenvalue weighted by atomic mass is 10.1. The lowest BCUT2D eigenvalue weighted by molar-refractivity contribution is -0.137. The van der Waals surface area contributed by atoms with Gasteiger partial charge in [0.25, 0.3) is 11.9 Å². The van der Waals surface area contributed by atoms with Crippen LogP contribution in [0, 0.1) is 5.82 Å². The Labute approximate surface area is 180 Å². The van der Waals surface area contributed by atoms with Crippen molar-refractivity contribution in [1.82, 2.24) is 4.98 Å². The number of fused-ring (bicyclic) bond motifs is 1. The molecule has 32 heavy (non-hydrogen) atoms. The van der Waals surface area contributed by atoms with E-state index >= 15 is 0 Å². The number of aryl methyl sites for hydroxylation is 1. The van der Waals surface area contributed by atoms with Crippen LogP contribution in [0.25, 0.3) is 11.1 Å². The van der Waals surface area contributed by atoms with Crippen LogP contribution in [0.2, 0.25) is 0 Å². The molecule has 0 bridgehead atoms. The number of hydrogen-bond donors (Lipinski definition) is 2. The van der Waals surface area contributed by atoms with Gasteiger partial charge in [-0.15, -0.1) is 0 Å². The van der Waals surface area contributed by atoms with Gasteiger partial charge in [0.2, 0.25) is 0 Å². The van der Waals surface area contributed by atoms with Crippen LogP contribution >= 0.6 is 0 Å². The van der Waals surface area contributed by atoms with Crippen LogP contribution in [0.1, 0.15) is 28.4 Å². The maximum Gasteiger partial charge on any atom is 0.416 e. The number of anilines is 3. The highest BCUT2D eigenvalue weighted by molar-refractivity contribution is 6.05. The highest BCUT2D eigenvalue weighted by Gasteiger charge is 2.32. The molecule has 9 heteroatoms. The summed E-state index contributed by atoms with van der Waals surface area (Å²) in [6.07, 6.45) is -3.85. The zero-order chi connectivity index (χ0) is 22.9. The molecular formula is C23H17F4N3O2. The Kier molecular flexibility index (Phi) is 5.56. The van der Waals surface area contributed by atoms with Gasteiger partial charge in [-0.1, -0.05) is 19.1 Å². The summed E-state index contributed by atoms with van der Waals surface area (Å²) in [5.41, 5.74) is 1.43. The average Bonchev–Trinajstić information content (AvgIpc) is 3.14. The Morgan fingerprint density at radius 3 is 2.41 bits per heavy atom. The van der Waals surface area contributed by atoms with Gasteiger partial charge in [-0.05, 0) is 60.5 Å². The van der Waals surface area contributed by atoms with Crippen LogP contribution in [0.3, 0.4) is 0 Å². The molecule has 5 nitrogen and oxygen atoms in total. The molecule has 0 spiro atoms. The molecule has 0 aliphatic rings. The third-order valence-corrected chi connectivity index (χ3v) is 4.75. The van der Waals surface area contributed by atoms with Gasteiger partial charge in [-0.3, -0.25) is 4.79 Å². The maximum atomic E-state index is 13.6. The van der Waals surface area contributed by atoms with E-state index in [1.165, 1.54) is 17.7 Å². The van der Waals surface area contributed by atoms with Crippen LogP contribution < -0.4 is 10.6 Å². The standard InChI is InChI=1S/C23H17F4N3O2/c1-2-13-3-5-17(6-4-13)29-22-30-19-12-18(7-8-20(19)32-22)28-21(31)14-9-15(23(25,26)27)11-16(24)10-14/h3-12H,2H2,1H3,(H,28,31)(H,29,30). The van der Waals surface area contributed by atoms with Crippen LogP contribution in [0.15, 0.2) is 65.1 Å². The number of hydrogen-bond acceptors (Lipinski definition) is 4. The minimum Gasteiger partial charge on any atom is -0.423 e. The second kappa shape index (κ2) is 8.33. The SMILES string of the molecule is CCc1ccc(Nc2nc3cc(NC(=O)c4cc(F)cc(C(F)(F)F)c4)ccc3o2)cc1. The number of nitrogens with one attached hydrogen (secondary N) is 2. The summed E-state index contributed by atoms with van der Waals surface area (Å²) >= 11 is 0. The number of amides is 1. The van der Waals surface area contributed by atoms with E-state index in [1.54, 1.807) is 6.07 Å². The quantitative estimate of drug-likeness (QED) is 0.344. The lowest BCUT2D eigenvalue weighted by Gasteiger charge is -2.10. The van der Waals surface area contributed by atoms with Gasteiger partial charge in [-0.25, -0.2) is 4.39 Å². The van der Waals surface area contributed by atoms with Crippen molar-refractivity contribution in [3.05, 3.63) is 83.2 Å². The number of aromatic nitrogens is 1. The predicted octanol–water partition coefficient (Wildman–Crippen LogP) is 6.54. The summed E-state index contributed by atoms with van der Waals surface area (Å²) in [4.78, 5) is 16.7. The number of carbonyl (C=O) groups excluding carboxylic acids is 1. The van der Waals surface area contributed by atoms with Gasteiger partial charge in [0.15, 0.2) is 5.58 Å².